The van der Waals surface area contributed by atoms with Crippen molar-refractivity contribution >= 4 is 37.5 Å². The number of piperidine rings is 1. The number of carbonyl (C=O) groups excluding carboxylic acids is 2. The van der Waals surface area contributed by atoms with Gasteiger partial charge in [0.2, 0.25) is 15.9 Å². The molecule has 0 radical (unpaired) electrons. The fraction of sp³-hybridized carbons (Fsp3) is 0.778. The minimum atomic E-state index is -3.64. The molecule has 50 heavy (non-hydrogen) atoms. The average Bonchev–Trinajstić information content (AvgIpc) is 3.37. The summed E-state index contributed by atoms with van der Waals surface area (Å²) < 4.78 is 59.9. The van der Waals surface area contributed by atoms with Crippen LogP contribution in [0.2, 0.25) is 0 Å². The molecule has 2 aliphatic carbocycles. The number of carbonyl (C=O) groups is 2. The number of para-hydroxylation sites is 1. The van der Waals surface area contributed by atoms with Gasteiger partial charge in [-0.2, -0.15) is 4.31 Å². The molecule has 282 valence electrons. The number of rotatable bonds is 11. The number of piperazine rings is 1. The van der Waals surface area contributed by atoms with Crippen LogP contribution in [0.4, 0.5) is 10.5 Å². The summed E-state index contributed by atoms with van der Waals surface area (Å²) >= 11 is 0. The molecule has 14 heteroatoms. The first-order valence-corrected chi connectivity index (χ1v) is 21.9. The molecule has 0 spiro atoms. The maximum absolute atomic E-state index is 14.2. The molecule has 2 N–H and O–H groups in total. The van der Waals surface area contributed by atoms with Gasteiger partial charge in [-0.25, -0.2) is 21.6 Å². The Labute approximate surface area is 300 Å². The van der Waals surface area contributed by atoms with Crippen molar-refractivity contribution in [2.75, 3.05) is 61.9 Å². The van der Waals surface area contributed by atoms with Crippen LogP contribution in [0.25, 0.3) is 0 Å². The van der Waals surface area contributed by atoms with Crippen LogP contribution in [0.5, 0.6) is 0 Å². The Morgan fingerprint density at radius 3 is 2.20 bits per heavy atom. The quantitative estimate of drug-likeness (QED) is 0.349. The summed E-state index contributed by atoms with van der Waals surface area (Å²) in [6, 6.07) is 6.96. The molecule has 1 aromatic rings. The van der Waals surface area contributed by atoms with Gasteiger partial charge in [0.1, 0.15) is 15.4 Å². The van der Waals surface area contributed by atoms with Crippen LogP contribution in [-0.4, -0.2) is 119 Å². The van der Waals surface area contributed by atoms with E-state index < -0.39 is 36.9 Å². The van der Waals surface area contributed by atoms with Crippen LogP contribution in [-0.2, 0) is 29.4 Å². The van der Waals surface area contributed by atoms with Gasteiger partial charge in [0.25, 0.3) is 0 Å². The predicted octanol–water partition coefficient (Wildman–Crippen LogP) is 3.55. The number of benzene rings is 1. The Morgan fingerprint density at radius 1 is 0.980 bits per heavy atom. The molecular formula is C36H59N5O7S2. The summed E-state index contributed by atoms with van der Waals surface area (Å²) in [5.41, 5.74) is 0.767. The van der Waals surface area contributed by atoms with Crippen molar-refractivity contribution in [3.8, 4) is 0 Å². The average molecular weight is 738 g/mol. The second-order valence-corrected chi connectivity index (χ2v) is 20.9. The number of hydrogen-bond donors (Lipinski definition) is 2. The van der Waals surface area contributed by atoms with E-state index in [9.17, 15) is 26.4 Å². The first kappa shape index (κ1) is 38.8. The maximum atomic E-state index is 14.2. The minimum absolute atomic E-state index is 0.0244. The number of hydrogen-bond acceptors (Lipinski definition) is 9. The number of aryl methyl sites for hydroxylation is 1. The normalized spacial score (nSPS) is 26.9. The molecule has 4 aliphatic rings. The molecule has 2 aliphatic heterocycles. The van der Waals surface area contributed by atoms with Crippen LogP contribution in [0, 0.1) is 23.7 Å². The van der Waals surface area contributed by atoms with Crippen molar-refractivity contribution in [1.29, 1.82) is 0 Å². The van der Waals surface area contributed by atoms with Crippen LogP contribution < -0.4 is 15.5 Å². The summed E-state index contributed by atoms with van der Waals surface area (Å²) in [7, 11) is -6.98. The maximum Gasteiger partial charge on any atom is 0.410 e. The highest BCUT2D eigenvalue weighted by atomic mass is 32.2. The number of likely N-dealkylation sites (tertiary alicyclic amines) is 1. The molecular weight excluding hydrogens is 679 g/mol. The van der Waals surface area contributed by atoms with Crippen molar-refractivity contribution in [3.63, 3.8) is 0 Å². The summed E-state index contributed by atoms with van der Waals surface area (Å²) in [6.07, 6.45) is 4.43. The number of amides is 2. The zero-order valence-corrected chi connectivity index (χ0v) is 32.7. The number of ether oxygens (including phenoxy) is 1. The smallest absolute Gasteiger partial charge is 0.410 e. The van der Waals surface area contributed by atoms with E-state index in [0.717, 1.165) is 12.1 Å². The molecule has 0 unspecified atom stereocenters. The molecule has 4 atom stereocenters. The van der Waals surface area contributed by atoms with Crippen molar-refractivity contribution in [3.05, 3.63) is 29.8 Å². The Morgan fingerprint density at radius 2 is 1.62 bits per heavy atom. The SMILES string of the molecule is Cc1ccccc1N1CCN(S(=O)(=O)C[C@]23CC[C@H](C[C@@H]2NC(=O)[C@H](CCS(C)(=O)=O)NC2CCN(C(=O)OC(C)(C)C)CC2)C3(C)C)CC1. The molecule has 4 fully saturated rings. The first-order chi connectivity index (χ1) is 23.2. The highest BCUT2D eigenvalue weighted by Gasteiger charge is 2.66. The lowest BCUT2D eigenvalue weighted by molar-refractivity contribution is -0.125. The summed E-state index contributed by atoms with van der Waals surface area (Å²) in [5, 5.41) is 6.70. The lowest BCUT2D eigenvalue weighted by Gasteiger charge is -2.45. The van der Waals surface area contributed by atoms with E-state index in [-0.39, 0.29) is 53.3 Å². The Bertz CT molecular complexity index is 1610. The van der Waals surface area contributed by atoms with Crippen LogP contribution in [0.15, 0.2) is 24.3 Å². The van der Waals surface area contributed by atoms with Gasteiger partial charge < -0.3 is 25.2 Å². The Balaban J connectivity index is 1.26. The second-order valence-electron chi connectivity index (χ2n) is 16.7. The van der Waals surface area contributed by atoms with Crippen LogP contribution in [0.1, 0.15) is 78.7 Å². The monoisotopic (exact) mass is 737 g/mol. The van der Waals surface area contributed by atoms with E-state index in [1.807, 2.05) is 32.9 Å². The molecule has 5 rings (SSSR count). The summed E-state index contributed by atoms with van der Waals surface area (Å²) in [4.78, 5) is 30.6. The van der Waals surface area contributed by atoms with Crippen molar-refractivity contribution < 1.29 is 31.2 Å². The Hall–Kier alpha value is -2.42. The molecule has 2 amide bonds. The molecule has 2 heterocycles. The topological polar surface area (TPSA) is 145 Å². The van der Waals surface area contributed by atoms with E-state index in [2.05, 4.69) is 48.4 Å². The van der Waals surface area contributed by atoms with Crippen molar-refractivity contribution in [2.24, 2.45) is 16.7 Å². The van der Waals surface area contributed by atoms with Gasteiger partial charge in [-0.1, -0.05) is 32.0 Å². The standard InChI is InChI=1S/C36H59N5O7S2/c1-26-10-8-9-11-30(26)39-19-21-41(22-20-39)50(46,47)25-36-16-12-27(35(36,5)6)24-31(36)38-32(42)29(15-23-49(7,44)45)37-28-13-17-40(18-14-28)33(43)48-34(2,3)4/h8-11,27-29,31,37H,12-25H2,1-7H3,(H,38,42)/t27-,29+,31+,36-/m1/s1. The van der Waals surface area contributed by atoms with Gasteiger partial charge in [0, 0.05) is 68.7 Å². The fourth-order valence-corrected chi connectivity index (χ4v) is 11.8. The number of sulfone groups is 1. The third kappa shape index (κ3) is 8.61. The highest BCUT2D eigenvalue weighted by molar-refractivity contribution is 7.90. The van der Waals surface area contributed by atoms with Gasteiger partial charge in [-0.3, -0.25) is 4.79 Å². The van der Waals surface area contributed by atoms with Crippen LogP contribution >= 0.6 is 0 Å². The van der Waals surface area contributed by atoms with Crippen molar-refractivity contribution in [1.82, 2.24) is 19.8 Å². The van der Waals surface area contributed by atoms with E-state index in [4.69, 9.17) is 4.74 Å². The third-order valence-electron chi connectivity index (χ3n) is 12.0. The van der Waals surface area contributed by atoms with Crippen molar-refractivity contribution in [2.45, 2.75) is 104 Å². The number of anilines is 1. The zero-order valence-electron chi connectivity index (χ0n) is 31.0. The molecule has 2 bridgehead atoms. The number of fused-ring (bicyclic) bond motifs is 2. The summed E-state index contributed by atoms with van der Waals surface area (Å²) in [5.74, 6) is -0.189. The van der Waals surface area contributed by atoms with Gasteiger partial charge in [-0.05, 0) is 89.2 Å². The van der Waals surface area contributed by atoms with Gasteiger partial charge in [0.15, 0.2) is 0 Å². The van der Waals surface area contributed by atoms with Gasteiger partial charge >= 0.3 is 6.09 Å². The van der Waals surface area contributed by atoms with E-state index >= 15 is 0 Å². The lowest BCUT2D eigenvalue weighted by Crippen LogP contribution is -2.59. The molecule has 12 nitrogen and oxygen atoms in total. The lowest BCUT2D eigenvalue weighted by atomic mass is 9.69. The van der Waals surface area contributed by atoms with Gasteiger partial charge in [0.05, 0.1) is 17.5 Å². The molecule has 0 aromatic heterocycles. The summed E-state index contributed by atoms with van der Waals surface area (Å²) in [6.45, 7) is 14.9. The molecule has 2 saturated heterocycles. The third-order valence-corrected chi connectivity index (χ3v) is 15.0. The van der Waals surface area contributed by atoms with E-state index in [0.29, 0.717) is 65.0 Å². The molecule has 2 saturated carbocycles. The first-order valence-electron chi connectivity index (χ1n) is 18.2. The largest absolute Gasteiger partial charge is 0.444 e. The second kappa shape index (κ2) is 14.5. The minimum Gasteiger partial charge on any atom is -0.444 e. The number of sulfonamides is 1. The predicted molar refractivity (Wildman–Crippen MR) is 196 cm³/mol. The highest BCUT2D eigenvalue weighted by Crippen LogP contribution is 2.66. The van der Waals surface area contributed by atoms with Crippen LogP contribution in [0.3, 0.4) is 0 Å². The fourth-order valence-electron chi connectivity index (χ4n) is 8.90. The number of nitrogens with one attached hydrogen (secondary N) is 2. The zero-order chi connectivity index (χ0) is 36.7. The van der Waals surface area contributed by atoms with E-state index in [1.54, 1.807) is 9.21 Å². The molecule has 1 aromatic carbocycles. The van der Waals surface area contributed by atoms with Gasteiger partial charge in [-0.15, -0.1) is 0 Å². The Kier molecular flexibility index (Phi) is 11.3. The van der Waals surface area contributed by atoms with E-state index in [1.165, 1.54) is 11.8 Å². The number of nitrogens with zero attached hydrogens (tertiary/aromatic N) is 3.